The van der Waals surface area contributed by atoms with E-state index in [1.54, 1.807) is 7.11 Å². The topological polar surface area (TPSA) is 34.4 Å². The van der Waals surface area contributed by atoms with Crippen molar-refractivity contribution < 1.29 is 9.15 Å². The highest BCUT2D eigenvalue weighted by molar-refractivity contribution is 5.87. The third kappa shape index (κ3) is 2.92. The van der Waals surface area contributed by atoms with Crippen LogP contribution in [-0.4, -0.2) is 13.2 Å². The summed E-state index contributed by atoms with van der Waals surface area (Å²) in [6.45, 7) is 7.24. The summed E-state index contributed by atoms with van der Waals surface area (Å²) in [7, 11) is 1.68. The van der Waals surface area contributed by atoms with E-state index in [4.69, 9.17) is 9.15 Å². The highest BCUT2D eigenvalue weighted by atomic mass is 16.5. The number of hydrogen-bond donors (Lipinski definition) is 1. The number of ether oxygens (including phenoxy) is 1. The van der Waals surface area contributed by atoms with Crippen LogP contribution in [0.1, 0.15) is 38.5 Å². The maximum Gasteiger partial charge on any atom is 0.176 e. The lowest BCUT2D eigenvalue weighted by Gasteiger charge is -2.07. The number of rotatable bonds is 6. The van der Waals surface area contributed by atoms with Crippen LogP contribution in [-0.2, 0) is 13.0 Å². The molecule has 0 aliphatic carbocycles. The van der Waals surface area contributed by atoms with Crippen molar-refractivity contribution >= 4 is 11.0 Å². The molecule has 0 fully saturated rings. The second-order valence-corrected chi connectivity index (χ2v) is 5.13. The Kier molecular flexibility index (Phi) is 4.48. The molecule has 0 aliphatic rings. The van der Waals surface area contributed by atoms with Crippen LogP contribution >= 0.6 is 0 Å². The summed E-state index contributed by atoms with van der Waals surface area (Å²) in [4.78, 5) is 0. The fourth-order valence-electron chi connectivity index (χ4n) is 2.32. The molecule has 0 saturated carbocycles. The molecule has 2 aromatic rings. The van der Waals surface area contributed by atoms with Gasteiger partial charge in [-0.2, -0.15) is 0 Å². The van der Waals surface area contributed by atoms with E-state index < -0.39 is 0 Å². The molecule has 0 aliphatic heterocycles. The van der Waals surface area contributed by atoms with Crippen LogP contribution < -0.4 is 10.1 Å². The van der Waals surface area contributed by atoms with Crippen molar-refractivity contribution in [3.8, 4) is 5.75 Å². The first kappa shape index (κ1) is 13.9. The number of para-hydroxylation sites is 1. The van der Waals surface area contributed by atoms with E-state index in [0.717, 1.165) is 36.5 Å². The molecule has 0 atom stereocenters. The third-order valence-electron chi connectivity index (χ3n) is 3.26. The first-order valence-electron chi connectivity index (χ1n) is 6.98. The van der Waals surface area contributed by atoms with E-state index in [9.17, 15) is 0 Å². The predicted molar refractivity (Wildman–Crippen MR) is 78.7 cm³/mol. The van der Waals surface area contributed by atoms with Gasteiger partial charge in [0.15, 0.2) is 11.3 Å². The number of hydrogen-bond acceptors (Lipinski definition) is 3. The van der Waals surface area contributed by atoms with Gasteiger partial charge >= 0.3 is 0 Å². The largest absolute Gasteiger partial charge is 0.493 e. The Balaban J connectivity index is 2.46. The van der Waals surface area contributed by atoms with Gasteiger partial charge in [0.1, 0.15) is 5.76 Å². The van der Waals surface area contributed by atoms with Crippen LogP contribution in [0.15, 0.2) is 22.6 Å². The normalized spacial score (nSPS) is 11.4. The minimum Gasteiger partial charge on any atom is -0.493 e. The van der Waals surface area contributed by atoms with Crippen LogP contribution in [0.3, 0.4) is 0 Å². The standard InChI is InChI=1S/C16H23NO2/c1-5-7-12-13-8-6-9-14(18-4)16(13)19-15(12)10-17-11(2)3/h6,8-9,11,17H,5,7,10H2,1-4H3. The zero-order chi connectivity index (χ0) is 13.8. The summed E-state index contributed by atoms with van der Waals surface area (Å²) in [6.07, 6.45) is 2.15. The van der Waals surface area contributed by atoms with Crippen molar-refractivity contribution in [1.82, 2.24) is 5.32 Å². The molecule has 3 nitrogen and oxygen atoms in total. The van der Waals surface area contributed by atoms with Gasteiger partial charge in [0.2, 0.25) is 0 Å². The van der Waals surface area contributed by atoms with E-state index in [-0.39, 0.29) is 0 Å². The molecule has 1 aromatic carbocycles. The summed E-state index contributed by atoms with van der Waals surface area (Å²) < 4.78 is 11.4. The average molecular weight is 261 g/mol. The van der Waals surface area contributed by atoms with Gasteiger partial charge in [-0.3, -0.25) is 0 Å². The number of furan rings is 1. The first-order valence-corrected chi connectivity index (χ1v) is 6.98. The Morgan fingerprint density at radius 2 is 2.11 bits per heavy atom. The van der Waals surface area contributed by atoms with Gasteiger partial charge < -0.3 is 14.5 Å². The molecular formula is C16H23NO2. The minimum absolute atomic E-state index is 0.449. The predicted octanol–water partition coefficient (Wildman–Crippen LogP) is 3.89. The van der Waals surface area contributed by atoms with Gasteiger partial charge in [-0.05, 0) is 12.5 Å². The van der Waals surface area contributed by atoms with Crippen LogP contribution in [0.25, 0.3) is 11.0 Å². The van der Waals surface area contributed by atoms with Gasteiger partial charge in [-0.25, -0.2) is 0 Å². The smallest absolute Gasteiger partial charge is 0.176 e. The molecule has 0 bridgehead atoms. The lowest BCUT2D eigenvalue weighted by Crippen LogP contribution is -2.22. The molecule has 104 valence electrons. The van der Waals surface area contributed by atoms with E-state index in [0.29, 0.717) is 6.04 Å². The second-order valence-electron chi connectivity index (χ2n) is 5.13. The monoisotopic (exact) mass is 261 g/mol. The van der Waals surface area contributed by atoms with Crippen molar-refractivity contribution in [1.29, 1.82) is 0 Å². The van der Waals surface area contributed by atoms with Crippen molar-refractivity contribution in [3.63, 3.8) is 0 Å². The molecule has 2 rings (SSSR count). The van der Waals surface area contributed by atoms with Gasteiger partial charge in [-0.15, -0.1) is 0 Å². The molecular weight excluding hydrogens is 238 g/mol. The van der Waals surface area contributed by atoms with E-state index in [1.807, 2.05) is 12.1 Å². The highest BCUT2D eigenvalue weighted by Gasteiger charge is 2.16. The number of methoxy groups -OCH3 is 1. The van der Waals surface area contributed by atoms with Crippen LogP contribution in [0.5, 0.6) is 5.75 Å². The number of aryl methyl sites for hydroxylation is 1. The molecule has 0 amide bonds. The van der Waals surface area contributed by atoms with E-state index in [1.165, 1.54) is 10.9 Å². The Bertz CT molecular complexity index is 543. The van der Waals surface area contributed by atoms with Gasteiger partial charge in [-0.1, -0.05) is 39.3 Å². The zero-order valence-corrected chi connectivity index (χ0v) is 12.2. The molecule has 0 radical (unpaired) electrons. The van der Waals surface area contributed by atoms with Gasteiger partial charge in [0.05, 0.1) is 13.7 Å². The SMILES string of the molecule is CCCc1c(CNC(C)C)oc2c(OC)cccc12. The molecule has 1 N–H and O–H groups in total. The maximum atomic E-state index is 6.04. The van der Waals surface area contributed by atoms with Crippen molar-refractivity contribution in [2.75, 3.05) is 7.11 Å². The Morgan fingerprint density at radius 3 is 2.74 bits per heavy atom. The first-order chi connectivity index (χ1) is 9.17. The minimum atomic E-state index is 0.449. The lowest BCUT2D eigenvalue weighted by atomic mass is 10.1. The van der Waals surface area contributed by atoms with E-state index >= 15 is 0 Å². The number of benzene rings is 1. The molecule has 1 heterocycles. The third-order valence-corrected chi connectivity index (χ3v) is 3.26. The van der Waals surface area contributed by atoms with Crippen molar-refractivity contribution in [2.45, 2.75) is 46.2 Å². The summed E-state index contributed by atoms with van der Waals surface area (Å²) in [5.74, 6) is 1.85. The second kappa shape index (κ2) is 6.11. The number of nitrogens with one attached hydrogen (secondary N) is 1. The molecule has 0 spiro atoms. The Hall–Kier alpha value is -1.48. The lowest BCUT2D eigenvalue weighted by molar-refractivity contribution is 0.404. The summed E-state index contributed by atoms with van der Waals surface area (Å²) >= 11 is 0. The maximum absolute atomic E-state index is 6.04. The van der Waals surface area contributed by atoms with Gasteiger partial charge in [0.25, 0.3) is 0 Å². The average Bonchev–Trinajstić information content (AvgIpc) is 2.75. The van der Waals surface area contributed by atoms with E-state index in [2.05, 4.69) is 32.2 Å². The molecule has 0 unspecified atom stereocenters. The molecule has 3 heteroatoms. The van der Waals surface area contributed by atoms with Crippen molar-refractivity contribution in [3.05, 3.63) is 29.5 Å². The Morgan fingerprint density at radius 1 is 1.32 bits per heavy atom. The highest BCUT2D eigenvalue weighted by Crippen LogP contribution is 2.33. The zero-order valence-electron chi connectivity index (χ0n) is 12.2. The summed E-state index contributed by atoms with van der Waals surface area (Å²) in [5.41, 5.74) is 2.18. The number of fused-ring (bicyclic) bond motifs is 1. The fourth-order valence-corrected chi connectivity index (χ4v) is 2.32. The van der Waals surface area contributed by atoms with Gasteiger partial charge in [0, 0.05) is 17.0 Å². The molecule has 1 aromatic heterocycles. The van der Waals surface area contributed by atoms with Crippen LogP contribution in [0.4, 0.5) is 0 Å². The molecule has 0 saturated heterocycles. The fraction of sp³-hybridized carbons (Fsp3) is 0.500. The summed E-state index contributed by atoms with van der Waals surface area (Å²) in [6, 6.07) is 6.53. The summed E-state index contributed by atoms with van der Waals surface area (Å²) in [5, 5.41) is 4.61. The van der Waals surface area contributed by atoms with Crippen LogP contribution in [0, 0.1) is 0 Å². The molecule has 19 heavy (non-hydrogen) atoms. The Labute approximate surface area is 114 Å². The quantitative estimate of drug-likeness (QED) is 0.856. The van der Waals surface area contributed by atoms with Crippen molar-refractivity contribution in [2.24, 2.45) is 0 Å². The van der Waals surface area contributed by atoms with Crippen LogP contribution in [0.2, 0.25) is 0 Å².